The third kappa shape index (κ3) is 2.73. The van der Waals surface area contributed by atoms with Crippen LogP contribution < -0.4 is 5.73 Å². The number of hydrogen-bond acceptors (Lipinski definition) is 4. The van der Waals surface area contributed by atoms with E-state index in [2.05, 4.69) is 52.7 Å². The maximum absolute atomic E-state index is 6.01. The molecule has 0 radical (unpaired) electrons. The number of nitrogens with zero attached hydrogens (tertiary/aromatic N) is 4. The fourth-order valence-electron chi connectivity index (χ4n) is 3.53. The molecule has 1 unspecified atom stereocenters. The molecule has 0 aliphatic carbocycles. The lowest BCUT2D eigenvalue weighted by Gasteiger charge is -2.13. The van der Waals surface area contributed by atoms with Gasteiger partial charge in [-0.15, -0.1) is 10.2 Å². The number of aromatic nitrogens is 4. The van der Waals surface area contributed by atoms with Crippen molar-refractivity contribution in [2.24, 2.45) is 5.73 Å². The van der Waals surface area contributed by atoms with E-state index in [1.807, 2.05) is 41.8 Å². The van der Waals surface area contributed by atoms with Gasteiger partial charge in [0, 0.05) is 28.8 Å². The number of benzene rings is 2. The number of nitrogens with two attached hydrogens (primary N) is 1. The number of hydrogen-bond donors (Lipinski definition) is 1. The van der Waals surface area contributed by atoms with Crippen LogP contribution >= 0.6 is 0 Å². The monoisotopic (exact) mass is 365 g/mol. The first-order valence-electron chi connectivity index (χ1n) is 9.25. The van der Waals surface area contributed by atoms with Crippen molar-refractivity contribution in [3.05, 3.63) is 84.8 Å². The van der Waals surface area contributed by atoms with E-state index in [0.29, 0.717) is 0 Å². The SMILES string of the molecule is CC(N)c1ccc(-c2nc3ccn4cnnc4c3cc2-c2ccccc2)cc1. The van der Waals surface area contributed by atoms with Crippen LogP contribution in [0.5, 0.6) is 0 Å². The normalized spacial score (nSPS) is 12.5. The Morgan fingerprint density at radius 2 is 1.71 bits per heavy atom. The van der Waals surface area contributed by atoms with E-state index in [4.69, 9.17) is 10.7 Å². The highest BCUT2D eigenvalue weighted by atomic mass is 15.2. The van der Waals surface area contributed by atoms with Crippen molar-refractivity contribution in [1.82, 2.24) is 19.6 Å². The van der Waals surface area contributed by atoms with Gasteiger partial charge >= 0.3 is 0 Å². The molecule has 0 spiro atoms. The van der Waals surface area contributed by atoms with Gasteiger partial charge in [-0.25, -0.2) is 4.98 Å². The minimum Gasteiger partial charge on any atom is -0.324 e. The van der Waals surface area contributed by atoms with Gasteiger partial charge in [0.05, 0.1) is 11.2 Å². The summed E-state index contributed by atoms with van der Waals surface area (Å²) in [6.07, 6.45) is 3.65. The quantitative estimate of drug-likeness (QED) is 0.506. The Hall–Kier alpha value is -3.57. The molecule has 2 N–H and O–H groups in total. The third-order valence-corrected chi connectivity index (χ3v) is 5.05. The summed E-state index contributed by atoms with van der Waals surface area (Å²) in [5.74, 6) is 0. The van der Waals surface area contributed by atoms with Crippen molar-refractivity contribution in [1.29, 1.82) is 0 Å². The van der Waals surface area contributed by atoms with Gasteiger partial charge in [0.25, 0.3) is 0 Å². The molecule has 5 heteroatoms. The molecule has 28 heavy (non-hydrogen) atoms. The molecule has 0 aliphatic rings. The molecule has 0 saturated heterocycles. The Balaban J connectivity index is 1.80. The van der Waals surface area contributed by atoms with E-state index < -0.39 is 0 Å². The minimum atomic E-state index is 0.00781. The highest BCUT2D eigenvalue weighted by molar-refractivity contribution is 5.98. The van der Waals surface area contributed by atoms with Gasteiger partial charge in [-0.1, -0.05) is 54.6 Å². The second-order valence-corrected chi connectivity index (χ2v) is 6.97. The van der Waals surface area contributed by atoms with E-state index in [0.717, 1.165) is 44.5 Å². The molecular weight excluding hydrogens is 346 g/mol. The summed E-state index contributed by atoms with van der Waals surface area (Å²) in [7, 11) is 0. The standard InChI is InChI=1S/C23H19N5/c1-15(24)16-7-9-18(10-8-16)22-19(17-5-3-2-4-6-17)13-20-21(26-22)11-12-28-14-25-27-23(20)28/h2-15H,24H2,1H3. The molecule has 0 bridgehead atoms. The molecule has 3 heterocycles. The summed E-state index contributed by atoms with van der Waals surface area (Å²) in [5.41, 5.74) is 13.0. The molecular formula is C23H19N5. The van der Waals surface area contributed by atoms with Crippen LogP contribution in [0.1, 0.15) is 18.5 Å². The van der Waals surface area contributed by atoms with Crippen LogP contribution in [0.4, 0.5) is 0 Å². The molecule has 136 valence electrons. The Kier molecular flexibility index (Phi) is 3.88. The third-order valence-electron chi connectivity index (χ3n) is 5.05. The van der Waals surface area contributed by atoms with Crippen molar-refractivity contribution in [2.45, 2.75) is 13.0 Å². The molecule has 5 rings (SSSR count). The Labute approximate surface area is 162 Å². The predicted octanol–water partition coefficient (Wildman–Crippen LogP) is 4.63. The van der Waals surface area contributed by atoms with E-state index >= 15 is 0 Å². The highest BCUT2D eigenvalue weighted by Crippen LogP contribution is 2.34. The fraction of sp³-hybridized carbons (Fsp3) is 0.0870. The van der Waals surface area contributed by atoms with Crippen LogP contribution in [0.25, 0.3) is 38.9 Å². The molecule has 0 saturated carbocycles. The Bertz CT molecular complexity index is 1270. The second-order valence-electron chi connectivity index (χ2n) is 6.97. The average molecular weight is 365 g/mol. The smallest absolute Gasteiger partial charge is 0.170 e. The number of fused-ring (bicyclic) bond motifs is 3. The summed E-state index contributed by atoms with van der Waals surface area (Å²) in [4.78, 5) is 5.01. The van der Waals surface area contributed by atoms with Crippen molar-refractivity contribution in [3.63, 3.8) is 0 Å². The van der Waals surface area contributed by atoms with Crippen molar-refractivity contribution in [3.8, 4) is 22.4 Å². The van der Waals surface area contributed by atoms with Crippen LogP contribution in [0.2, 0.25) is 0 Å². The maximum Gasteiger partial charge on any atom is 0.170 e. The largest absolute Gasteiger partial charge is 0.324 e. The van der Waals surface area contributed by atoms with Gasteiger partial charge in [-0.05, 0) is 30.2 Å². The van der Waals surface area contributed by atoms with Crippen LogP contribution in [0, 0.1) is 0 Å². The molecule has 0 amide bonds. The van der Waals surface area contributed by atoms with Gasteiger partial charge < -0.3 is 5.73 Å². The number of rotatable bonds is 3. The summed E-state index contributed by atoms with van der Waals surface area (Å²) in [5, 5.41) is 9.29. The van der Waals surface area contributed by atoms with Gasteiger partial charge in [-0.2, -0.15) is 0 Å². The lowest BCUT2D eigenvalue weighted by Crippen LogP contribution is -2.04. The van der Waals surface area contributed by atoms with Gasteiger partial charge in [-0.3, -0.25) is 4.40 Å². The summed E-state index contributed by atoms with van der Waals surface area (Å²) >= 11 is 0. The zero-order chi connectivity index (χ0) is 19.1. The molecule has 0 aliphatic heterocycles. The van der Waals surface area contributed by atoms with Crippen LogP contribution in [0.3, 0.4) is 0 Å². The van der Waals surface area contributed by atoms with E-state index in [1.54, 1.807) is 6.33 Å². The van der Waals surface area contributed by atoms with Gasteiger partial charge in [0.1, 0.15) is 6.33 Å². The first-order valence-corrected chi connectivity index (χ1v) is 9.25. The molecule has 5 nitrogen and oxygen atoms in total. The van der Waals surface area contributed by atoms with E-state index in [9.17, 15) is 0 Å². The van der Waals surface area contributed by atoms with Crippen molar-refractivity contribution < 1.29 is 0 Å². The summed E-state index contributed by atoms with van der Waals surface area (Å²) < 4.78 is 1.91. The van der Waals surface area contributed by atoms with Crippen molar-refractivity contribution >= 4 is 16.6 Å². The zero-order valence-corrected chi connectivity index (χ0v) is 15.4. The first kappa shape index (κ1) is 16.6. The zero-order valence-electron chi connectivity index (χ0n) is 15.4. The van der Waals surface area contributed by atoms with Gasteiger partial charge in [0.2, 0.25) is 0 Å². The summed E-state index contributed by atoms with van der Waals surface area (Å²) in [6.45, 7) is 1.99. The molecule has 1 atom stereocenters. The molecule has 3 aromatic heterocycles. The molecule has 2 aromatic carbocycles. The average Bonchev–Trinajstić information content (AvgIpc) is 3.23. The highest BCUT2D eigenvalue weighted by Gasteiger charge is 2.14. The topological polar surface area (TPSA) is 69.1 Å². The summed E-state index contributed by atoms with van der Waals surface area (Å²) in [6, 6.07) is 22.8. The lowest BCUT2D eigenvalue weighted by molar-refractivity contribution is 0.818. The Morgan fingerprint density at radius 1 is 0.929 bits per heavy atom. The molecule has 5 aromatic rings. The fourth-order valence-corrected chi connectivity index (χ4v) is 3.53. The number of pyridine rings is 2. The van der Waals surface area contributed by atoms with Crippen LogP contribution in [0.15, 0.2) is 79.3 Å². The lowest BCUT2D eigenvalue weighted by atomic mass is 9.96. The maximum atomic E-state index is 6.01. The van der Waals surface area contributed by atoms with Crippen molar-refractivity contribution in [2.75, 3.05) is 0 Å². The minimum absolute atomic E-state index is 0.00781. The second kappa shape index (κ2) is 6.55. The molecule has 0 fully saturated rings. The van der Waals surface area contributed by atoms with Crippen LogP contribution in [-0.4, -0.2) is 19.6 Å². The van der Waals surface area contributed by atoms with E-state index in [1.165, 1.54) is 0 Å². The first-order chi connectivity index (χ1) is 13.7. The van der Waals surface area contributed by atoms with Gasteiger partial charge in [0.15, 0.2) is 5.65 Å². The van der Waals surface area contributed by atoms with Crippen LogP contribution in [-0.2, 0) is 0 Å². The predicted molar refractivity (Wildman–Crippen MR) is 112 cm³/mol. The van der Waals surface area contributed by atoms with E-state index in [-0.39, 0.29) is 6.04 Å². The Morgan fingerprint density at radius 3 is 2.46 bits per heavy atom.